The van der Waals surface area contributed by atoms with E-state index in [2.05, 4.69) is 41.9 Å². The van der Waals surface area contributed by atoms with E-state index in [0.717, 1.165) is 43.9 Å². The molecule has 1 aromatic heterocycles. The van der Waals surface area contributed by atoms with Crippen LogP contribution in [0.25, 0.3) is 10.9 Å². The van der Waals surface area contributed by atoms with E-state index in [1.165, 1.54) is 0 Å². The van der Waals surface area contributed by atoms with Crippen LogP contribution in [0.15, 0.2) is 81.2 Å². The lowest BCUT2D eigenvalue weighted by Crippen LogP contribution is -2.12. The number of benzene rings is 3. The van der Waals surface area contributed by atoms with Gasteiger partial charge in [-0.3, -0.25) is 9.67 Å². The Morgan fingerprint density at radius 2 is 1.58 bits per heavy atom. The van der Waals surface area contributed by atoms with Gasteiger partial charge in [0.2, 0.25) is 0 Å². The smallest absolute Gasteiger partial charge is 0.124 e. The highest BCUT2D eigenvalue weighted by Gasteiger charge is 2.23. The lowest BCUT2D eigenvalue weighted by Gasteiger charge is -2.09. The molecule has 0 saturated heterocycles. The first kappa shape index (κ1) is 19.7. The van der Waals surface area contributed by atoms with Crippen molar-refractivity contribution >= 4 is 49.6 Å². The zero-order valence-electron chi connectivity index (χ0n) is 17.2. The van der Waals surface area contributed by atoms with E-state index < -0.39 is 0 Å². The molecular weight excluding hydrogens is 452 g/mol. The Morgan fingerprint density at radius 1 is 0.903 bits per heavy atom. The number of hydrogen-bond donors (Lipinski definition) is 1. The summed E-state index contributed by atoms with van der Waals surface area (Å²) in [7, 11) is 0. The Morgan fingerprint density at radius 3 is 2.32 bits per heavy atom. The number of nitrogens with zero attached hydrogens (tertiary/aromatic N) is 4. The predicted molar refractivity (Wildman–Crippen MR) is 129 cm³/mol. The average molecular weight is 473 g/mol. The number of aromatic nitrogens is 2. The second kappa shape index (κ2) is 7.78. The molecular formula is C25H21BrN4O. The minimum Gasteiger partial charge on any atom is -0.507 e. The van der Waals surface area contributed by atoms with Gasteiger partial charge in [0.1, 0.15) is 11.4 Å². The maximum atomic E-state index is 10.6. The number of rotatable bonds is 3. The lowest BCUT2D eigenvalue weighted by atomic mass is 10.0. The van der Waals surface area contributed by atoms with E-state index in [0.29, 0.717) is 12.0 Å². The third kappa shape index (κ3) is 3.57. The molecule has 154 valence electrons. The topological polar surface area (TPSA) is 62.8 Å². The summed E-state index contributed by atoms with van der Waals surface area (Å²) < 4.78 is 2.92. The average Bonchev–Trinajstić information content (AvgIpc) is 3.05. The van der Waals surface area contributed by atoms with E-state index in [1.54, 1.807) is 6.07 Å². The van der Waals surface area contributed by atoms with Crippen LogP contribution in [0, 0.1) is 0 Å². The zero-order chi connectivity index (χ0) is 21.5. The van der Waals surface area contributed by atoms with Crippen molar-refractivity contribution in [2.75, 3.05) is 0 Å². The fourth-order valence-corrected chi connectivity index (χ4v) is 4.27. The molecule has 0 atom stereocenters. The highest BCUT2D eigenvalue weighted by molar-refractivity contribution is 9.10. The molecule has 6 heteroatoms. The monoisotopic (exact) mass is 472 g/mol. The van der Waals surface area contributed by atoms with Crippen LogP contribution < -0.4 is 0 Å². The molecule has 5 nitrogen and oxygen atoms in total. The molecule has 0 amide bonds. The van der Waals surface area contributed by atoms with E-state index in [-0.39, 0.29) is 11.8 Å². The number of aromatic hydroxyl groups is 1. The second-order valence-corrected chi connectivity index (χ2v) is 8.76. The molecule has 2 heterocycles. The van der Waals surface area contributed by atoms with Crippen LogP contribution in [0.3, 0.4) is 0 Å². The molecule has 5 rings (SSSR count). The number of fused-ring (bicyclic) bond motifs is 2. The van der Waals surface area contributed by atoms with Crippen molar-refractivity contribution in [3.63, 3.8) is 0 Å². The summed E-state index contributed by atoms with van der Waals surface area (Å²) in [4.78, 5) is 9.89. The van der Waals surface area contributed by atoms with Crippen LogP contribution in [0.2, 0.25) is 0 Å². The molecule has 0 fully saturated rings. The van der Waals surface area contributed by atoms with Crippen LogP contribution in [-0.4, -0.2) is 26.3 Å². The van der Waals surface area contributed by atoms with Gasteiger partial charge in [0.25, 0.3) is 0 Å². The molecule has 4 aromatic rings. The molecule has 1 aliphatic rings. The van der Waals surface area contributed by atoms with Gasteiger partial charge in [-0.2, -0.15) is 5.10 Å². The Labute approximate surface area is 188 Å². The van der Waals surface area contributed by atoms with E-state index in [4.69, 9.17) is 15.1 Å². The standard InChI is InChI=1S/C25H21BrN4O/c1-15(2)30-23-10-6-3-7-17(23)25(29-30)22-14-21(18-13-16(26)11-12-24(18)31)27-19-8-4-5-9-20(19)28-22/h3-13,15,31H,14H2,1-2H3. The zero-order valence-corrected chi connectivity index (χ0v) is 18.8. The summed E-state index contributed by atoms with van der Waals surface area (Å²) in [5.74, 6) is 0.193. The first-order valence-electron chi connectivity index (χ1n) is 10.2. The summed E-state index contributed by atoms with van der Waals surface area (Å²) >= 11 is 3.51. The molecule has 1 N–H and O–H groups in total. The van der Waals surface area contributed by atoms with Crippen molar-refractivity contribution in [2.24, 2.45) is 9.98 Å². The van der Waals surface area contributed by atoms with Crippen molar-refractivity contribution in [1.82, 2.24) is 9.78 Å². The Balaban J connectivity index is 1.74. The van der Waals surface area contributed by atoms with Gasteiger partial charge in [-0.25, -0.2) is 4.99 Å². The summed E-state index contributed by atoms with van der Waals surface area (Å²) in [5.41, 5.74) is 5.78. The predicted octanol–water partition coefficient (Wildman–Crippen LogP) is 6.73. The molecule has 3 aromatic carbocycles. The molecule has 0 spiro atoms. The van der Waals surface area contributed by atoms with Crippen LogP contribution >= 0.6 is 15.9 Å². The Hall–Kier alpha value is -3.25. The molecule has 0 aliphatic carbocycles. The maximum Gasteiger partial charge on any atom is 0.124 e. The van der Waals surface area contributed by atoms with Crippen molar-refractivity contribution in [2.45, 2.75) is 26.3 Å². The lowest BCUT2D eigenvalue weighted by molar-refractivity contribution is 0.474. The molecule has 0 bridgehead atoms. The van der Waals surface area contributed by atoms with Gasteiger partial charge >= 0.3 is 0 Å². The minimum atomic E-state index is 0.193. The quantitative estimate of drug-likeness (QED) is 0.359. The summed E-state index contributed by atoms with van der Waals surface area (Å²) in [6.45, 7) is 4.25. The number of phenolic OH excluding ortho intramolecular Hbond substituents is 1. The van der Waals surface area contributed by atoms with E-state index in [1.807, 2.05) is 53.2 Å². The molecule has 0 saturated carbocycles. The highest BCUT2D eigenvalue weighted by atomic mass is 79.9. The maximum absolute atomic E-state index is 10.6. The van der Waals surface area contributed by atoms with Gasteiger partial charge in [-0.1, -0.05) is 46.3 Å². The Kier molecular flexibility index (Phi) is 4.94. The molecule has 0 radical (unpaired) electrons. The largest absolute Gasteiger partial charge is 0.507 e. The molecule has 1 aliphatic heterocycles. The first-order valence-corrected chi connectivity index (χ1v) is 11.0. The van der Waals surface area contributed by atoms with Gasteiger partial charge in [0, 0.05) is 27.9 Å². The SMILES string of the molecule is CC(C)n1nc(C2=Nc3ccccc3N=C(c3cc(Br)ccc3O)C2)c2ccccc21. The Bertz CT molecular complexity index is 1370. The van der Waals surface area contributed by atoms with E-state index in [9.17, 15) is 5.11 Å². The van der Waals surface area contributed by atoms with E-state index >= 15 is 0 Å². The van der Waals surface area contributed by atoms with Crippen LogP contribution in [-0.2, 0) is 0 Å². The van der Waals surface area contributed by atoms with Crippen LogP contribution in [0.1, 0.15) is 37.6 Å². The summed E-state index contributed by atoms with van der Waals surface area (Å²) in [6, 6.07) is 21.7. The number of halogens is 1. The second-order valence-electron chi connectivity index (χ2n) is 7.85. The van der Waals surface area contributed by atoms with Crippen LogP contribution in [0.5, 0.6) is 5.75 Å². The molecule has 0 unspecified atom stereocenters. The van der Waals surface area contributed by atoms with Gasteiger partial charge in [-0.05, 0) is 50.2 Å². The van der Waals surface area contributed by atoms with Crippen molar-refractivity contribution in [3.8, 4) is 5.75 Å². The fraction of sp³-hybridized carbons (Fsp3) is 0.160. The number of para-hydroxylation sites is 3. The fourth-order valence-electron chi connectivity index (χ4n) is 3.91. The van der Waals surface area contributed by atoms with Gasteiger partial charge in [-0.15, -0.1) is 0 Å². The normalized spacial score (nSPS) is 13.7. The van der Waals surface area contributed by atoms with Crippen molar-refractivity contribution in [1.29, 1.82) is 0 Å². The molecule has 31 heavy (non-hydrogen) atoms. The van der Waals surface area contributed by atoms with Crippen molar-refractivity contribution in [3.05, 3.63) is 82.5 Å². The third-order valence-corrected chi connectivity index (χ3v) is 5.87. The van der Waals surface area contributed by atoms with Gasteiger partial charge in [0.05, 0.1) is 28.3 Å². The van der Waals surface area contributed by atoms with Crippen molar-refractivity contribution < 1.29 is 5.11 Å². The minimum absolute atomic E-state index is 0.193. The number of aliphatic imine (C=N–C) groups is 2. The van der Waals surface area contributed by atoms with Crippen LogP contribution in [0.4, 0.5) is 11.4 Å². The highest BCUT2D eigenvalue weighted by Crippen LogP contribution is 2.35. The summed E-state index contributed by atoms with van der Waals surface area (Å²) in [6.07, 6.45) is 0.456. The third-order valence-electron chi connectivity index (χ3n) is 5.37. The van der Waals surface area contributed by atoms with Gasteiger partial charge in [0.15, 0.2) is 0 Å². The summed E-state index contributed by atoms with van der Waals surface area (Å²) in [5, 5.41) is 16.6. The number of hydrogen-bond acceptors (Lipinski definition) is 4. The number of phenols is 1. The first-order chi connectivity index (χ1) is 15.0. The van der Waals surface area contributed by atoms with Gasteiger partial charge < -0.3 is 5.11 Å².